The lowest BCUT2D eigenvalue weighted by Crippen LogP contribution is -2.12. The number of halogens is 2. The van der Waals surface area contributed by atoms with E-state index in [1.807, 2.05) is 47.1 Å². The molecule has 4 rings (SSSR count). The topological polar surface area (TPSA) is 46.4 Å². The van der Waals surface area contributed by atoms with Gasteiger partial charge in [-0.15, -0.1) is 0 Å². The molecule has 4 nitrogen and oxygen atoms in total. The molecule has 1 amide bonds. The SMILES string of the molecule is O=C(Nc1ccc(-c2cn3ccccc3n2)cc1)c1ccc(F)c(F)c1. The Bertz CT molecular complexity index is 1070. The van der Waals surface area contributed by atoms with Gasteiger partial charge in [-0.05, 0) is 42.5 Å². The number of aromatic nitrogens is 2. The summed E-state index contributed by atoms with van der Waals surface area (Å²) in [5.74, 6) is -2.55. The molecular weight excluding hydrogens is 336 g/mol. The van der Waals surface area contributed by atoms with Crippen LogP contribution in [0.1, 0.15) is 10.4 Å². The number of anilines is 1. The van der Waals surface area contributed by atoms with Crippen molar-refractivity contribution in [1.82, 2.24) is 9.38 Å². The maximum atomic E-state index is 13.2. The van der Waals surface area contributed by atoms with Crippen molar-refractivity contribution < 1.29 is 13.6 Å². The molecule has 0 saturated heterocycles. The summed E-state index contributed by atoms with van der Waals surface area (Å²) in [5, 5.41) is 2.66. The molecule has 4 aromatic rings. The number of imidazole rings is 1. The van der Waals surface area contributed by atoms with Gasteiger partial charge in [-0.1, -0.05) is 18.2 Å². The average Bonchev–Trinajstić information content (AvgIpc) is 3.08. The minimum atomic E-state index is -1.06. The fourth-order valence-corrected chi connectivity index (χ4v) is 2.64. The summed E-state index contributed by atoms with van der Waals surface area (Å²) < 4.78 is 28.1. The highest BCUT2D eigenvalue weighted by Crippen LogP contribution is 2.21. The molecule has 0 aliphatic rings. The molecule has 0 radical (unpaired) electrons. The standard InChI is InChI=1S/C20H13F2N3O/c21-16-9-6-14(11-17(16)22)20(26)23-15-7-4-13(5-8-15)18-12-25-10-2-1-3-19(25)24-18/h1-12H,(H,23,26). The molecule has 0 aliphatic heterocycles. The van der Waals surface area contributed by atoms with Gasteiger partial charge < -0.3 is 9.72 Å². The van der Waals surface area contributed by atoms with E-state index in [0.29, 0.717) is 5.69 Å². The van der Waals surface area contributed by atoms with Crippen molar-refractivity contribution in [2.45, 2.75) is 0 Å². The van der Waals surface area contributed by atoms with E-state index in [4.69, 9.17) is 0 Å². The van der Waals surface area contributed by atoms with Gasteiger partial charge in [0.1, 0.15) is 5.65 Å². The average molecular weight is 349 g/mol. The molecule has 0 spiro atoms. The molecule has 0 atom stereocenters. The summed E-state index contributed by atoms with van der Waals surface area (Å²) in [6.07, 6.45) is 3.84. The van der Waals surface area contributed by atoms with E-state index in [2.05, 4.69) is 10.3 Å². The van der Waals surface area contributed by atoms with E-state index >= 15 is 0 Å². The molecule has 0 saturated carbocycles. The zero-order valence-electron chi connectivity index (χ0n) is 13.5. The number of nitrogens with one attached hydrogen (secondary N) is 1. The van der Waals surface area contributed by atoms with Crippen LogP contribution in [-0.4, -0.2) is 15.3 Å². The number of rotatable bonds is 3. The zero-order chi connectivity index (χ0) is 18.1. The second-order valence-electron chi connectivity index (χ2n) is 5.75. The number of hydrogen-bond acceptors (Lipinski definition) is 2. The highest BCUT2D eigenvalue weighted by atomic mass is 19.2. The maximum absolute atomic E-state index is 13.2. The summed E-state index contributed by atoms with van der Waals surface area (Å²) in [5.41, 5.74) is 3.16. The van der Waals surface area contributed by atoms with Gasteiger partial charge in [0.25, 0.3) is 5.91 Å². The predicted octanol–water partition coefficient (Wildman–Crippen LogP) is 4.53. The molecule has 128 valence electrons. The van der Waals surface area contributed by atoms with Crippen molar-refractivity contribution in [3.05, 3.63) is 90.3 Å². The number of pyridine rings is 1. The number of fused-ring (bicyclic) bond motifs is 1. The summed E-state index contributed by atoms with van der Waals surface area (Å²) in [6, 6.07) is 15.9. The first-order valence-corrected chi connectivity index (χ1v) is 7.91. The minimum absolute atomic E-state index is 0.0494. The Kier molecular flexibility index (Phi) is 3.93. The van der Waals surface area contributed by atoms with Crippen LogP contribution in [0.15, 0.2) is 73.1 Å². The zero-order valence-corrected chi connectivity index (χ0v) is 13.5. The van der Waals surface area contributed by atoms with Crippen molar-refractivity contribution in [2.24, 2.45) is 0 Å². The first-order valence-electron chi connectivity index (χ1n) is 7.91. The summed E-state index contributed by atoms with van der Waals surface area (Å²) in [6.45, 7) is 0. The third-order valence-electron chi connectivity index (χ3n) is 3.98. The predicted molar refractivity (Wildman–Crippen MR) is 94.9 cm³/mol. The first-order chi connectivity index (χ1) is 12.6. The molecule has 2 aromatic carbocycles. The van der Waals surface area contributed by atoms with Crippen molar-refractivity contribution in [1.29, 1.82) is 0 Å². The Morgan fingerprint density at radius 2 is 1.77 bits per heavy atom. The fraction of sp³-hybridized carbons (Fsp3) is 0. The van der Waals surface area contributed by atoms with Gasteiger partial charge in [0.15, 0.2) is 11.6 Å². The molecule has 1 N–H and O–H groups in total. The summed E-state index contributed by atoms with van der Waals surface area (Å²) in [4.78, 5) is 16.7. The van der Waals surface area contributed by atoms with Gasteiger partial charge in [0.2, 0.25) is 0 Å². The maximum Gasteiger partial charge on any atom is 0.255 e. The van der Waals surface area contributed by atoms with E-state index in [1.54, 1.807) is 12.1 Å². The fourth-order valence-electron chi connectivity index (χ4n) is 2.64. The minimum Gasteiger partial charge on any atom is -0.322 e. The second-order valence-corrected chi connectivity index (χ2v) is 5.75. The Hall–Kier alpha value is -3.54. The second kappa shape index (κ2) is 6.40. The molecule has 2 heterocycles. The van der Waals surface area contributed by atoms with Crippen molar-refractivity contribution in [2.75, 3.05) is 5.32 Å². The number of carbonyl (C=O) groups is 1. The van der Waals surface area contributed by atoms with Crippen molar-refractivity contribution in [3.8, 4) is 11.3 Å². The molecule has 2 aromatic heterocycles. The molecular formula is C20H13F2N3O. The number of amides is 1. The van der Waals surface area contributed by atoms with E-state index in [1.165, 1.54) is 6.07 Å². The number of hydrogen-bond donors (Lipinski definition) is 1. The Balaban J connectivity index is 1.53. The quantitative estimate of drug-likeness (QED) is 0.591. The van der Waals surface area contributed by atoms with Crippen molar-refractivity contribution >= 4 is 17.2 Å². The summed E-state index contributed by atoms with van der Waals surface area (Å²) in [7, 11) is 0. The third-order valence-corrected chi connectivity index (χ3v) is 3.98. The van der Waals surface area contributed by atoms with E-state index in [-0.39, 0.29) is 5.56 Å². The van der Waals surface area contributed by atoms with Crippen LogP contribution in [-0.2, 0) is 0 Å². The Labute approximate surface area is 147 Å². The van der Waals surface area contributed by atoms with Crippen LogP contribution < -0.4 is 5.32 Å². The smallest absolute Gasteiger partial charge is 0.255 e. The van der Waals surface area contributed by atoms with E-state index in [0.717, 1.165) is 29.0 Å². The monoisotopic (exact) mass is 349 g/mol. The Morgan fingerprint density at radius 1 is 0.962 bits per heavy atom. The Morgan fingerprint density at radius 3 is 2.50 bits per heavy atom. The molecule has 0 fully saturated rings. The van der Waals surface area contributed by atoms with Crippen LogP contribution in [0.5, 0.6) is 0 Å². The van der Waals surface area contributed by atoms with Crippen LogP contribution in [0.3, 0.4) is 0 Å². The van der Waals surface area contributed by atoms with Crippen LogP contribution in [0.2, 0.25) is 0 Å². The largest absolute Gasteiger partial charge is 0.322 e. The van der Waals surface area contributed by atoms with Crippen molar-refractivity contribution in [3.63, 3.8) is 0 Å². The number of carbonyl (C=O) groups excluding carboxylic acids is 1. The van der Waals surface area contributed by atoms with Gasteiger partial charge in [-0.25, -0.2) is 13.8 Å². The summed E-state index contributed by atoms with van der Waals surface area (Å²) >= 11 is 0. The van der Waals surface area contributed by atoms with E-state index in [9.17, 15) is 13.6 Å². The van der Waals surface area contributed by atoms with E-state index < -0.39 is 17.5 Å². The number of nitrogens with zero attached hydrogens (tertiary/aromatic N) is 2. The van der Waals surface area contributed by atoms with Crippen LogP contribution in [0.4, 0.5) is 14.5 Å². The first kappa shape index (κ1) is 16.0. The molecule has 0 aliphatic carbocycles. The third kappa shape index (κ3) is 3.04. The molecule has 26 heavy (non-hydrogen) atoms. The molecule has 0 bridgehead atoms. The highest BCUT2D eigenvalue weighted by Gasteiger charge is 2.10. The lowest BCUT2D eigenvalue weighted by Gasteiger charge is -2.06. The molecule has 6 heteroatoms. The van der Waals surface area contributed by atoms with Crippen LogP contribution >= 0.6 is 0 Å². The lowest BCUT2D eigenvalue weighted by molar-refractivity contribution is 0.102. The molecule has 0 unspecified atom stereocenters. The lowest BCUT2D eigenvalue weighted by atomic mass is 10.1. The number of benzene rings is 2. The van der Waals surface area contributed by atoms with Gasteiger partial charge in [0, 0.05) is 29.2 Å². The highest BCUT2D eigenvalue weighted by molar-refractivity contribution is 6.04. The van der Waals surface area contributed by atoms with Gasteiger partial charge >= 0.3 is 0 Å². The van der Waals surface area contributed by atoms with Gasteiger partial charge in [-0.3, -0.25) is 4.79 Å². The van der Waals surface area contributed by atoms with Gasteiger partial charge in [-0.2, -0.15) is 0 Å². The van der Waals surface area contributed by atoms with Gasteiger partial charge in [0.05, 0.1) is 5.69 Å². The van der Waals surface area contributed by atoms with Crippen LogP contribution in [0, 0.1) is 11.6 Å². The van der Waals surface area contributed by atoms with Crippen LogP contribution in [0.25, 0.3) is 16.9 Å². The normalized spacial score (nSPS) is 10.8.